The summed E-state index contributed by atoms with van der Waals surface area (Å²) in [6.07, 6.45) is 0. The molecule has 1 aromatic rings. The molecule has 0 aromatic heterocycles. The van der Waals surface area contributed by atoms with E-state index in [2.05, 4.69) is 11.4 Å². The molecule has 0 aliphatic heterocycles. The predicted octanol–water partition coefficient (Wildman–Crippen LogP) is 3.39. The van der Waals surface area contributed by atoms with E-state index in [1.807, 2.05) is 57.0 Å². The van der Waals surface area contributed by atoms with Gasteiger partial charge in [0.2, 0.25) is 5.91 Å². The van der Waals surface area contributed by atoms with Crippen LogP contribution in [0.2, 0.25) is 5.02 Å². The first-order valence-electron chi connectivity index (χ1n) is 7.37. The average molecular weight is 322 g/mol. The molecule has 0 heterocycles. The van der Waals surface area contributed by atoms with Crippen LogP contribution in [-0.4, -0.2) is 29.9 Å². The fourth-order valence-electron chi connectivity index (χ4n) is 1.99. The minimum absolute atomic E-state index is 0.0421. The summed E-state index contributed by atoms with van der Waals surface area (Å²) in [7, 11) is 1.89. The number of nitrogens with one attached hydrogen (secondary N) is 1. The molecule has 2 atom stereocenters. The molecule has 0 fully saturated rings. The second-order valence-corrected chi connectivity index (χ2v) is 6.60. The number of nitriles is 1. The van der Waals surface area contributed by atoms with Crippen molar-refractivity contribution in [3.05, 3.63) is 34.9 Å². The Kier molecular flexibility index (Phi) is 6.40. The van der Waals surface area contributed by atoms with Crippen LogP contribution in [0, 0.1) is 17.2 Å². The zero-order valence-corrected chi connectivity index (χ0v) is 14.6. The number of benzene rings is 1. The van der Waals surface area contributed by atoms with Crippen LogP contribution in [0.4, 0.5) is 0 Å². The monoisotopic (exact) mass is 321 g/mol. The fraction of sp³-hybridized carbons (Fsp3) is 0.529. The van der Waals surface area contributed by atoms with E-state index < -0.39 is 5.54 Å². The Bertz CT molecular complexity index is 550. The number of nitrogens with zero attached hydrogens (tertiary/aromatic N) is 2. The highest BCUT2D eigenvalue weighted by atomic mass is 35.5. The van der Waals surface area contributed by atoms with Gasteiger partial charge in [-0.25, -0.2) is 0 Å². The number of carbonyl (C=O) groups is 1. The Morgan fingerprint density at radius 3 is 2.36 bits per heavy atom. The molecule has 0 spiro atoms. The Hall–Kier alpha value is -1.57. The van der Waals surface area contributed by atoms with Gasteiger partial charge in [-0.3, -0.25) is 9.69 Å². The van der Waals surface area contributed by atoms with Crippen molar-refractivity contribution in [2.45, 2.75) is 39.3 Å². The summed E-state index contributed by atoms with van der Waals surface area (Å²) < 4.78 is 0. The molecule has 5 heteroatoms. The summed E-state index contributed by atoms with van der Waals surface area (Å²) >= 11 is 5.89. The van der Waals surface area contributed by atoms with Crippen molar-refractivity contribution < 1.29 is 4.79 Å². The number of likely N-dealkylation sites (N-methyl/N-ethyl adjacent to an activating group) is 1. The Morgan fingerprint density at radius 1 is 1.36 bits per heavy atom. The third kappa shape index (κ3) is 4.72. The van der Waals surface area contributed by atoms with Crippen LogP contribution in [-0.2, 0) is 4.79 Å². The van der Waals surface area contributed by atoms with Crippen LogP contribution < -0.4 is 5.32 Å². The van der Waals surface area contributed by atoms with Gasteiger partial charge in [-0.05, 0) is 44.5 Å². The molecule has 22 heavy (non-hydrogen) atoms. The van der Waals surface area contributed by atoms with E-state index in [0.29, 0.717) is 5.02 Å². The number of halogens is 1. The highest BCUT2D eigenvalue weighted by Crippen LogP contribution is 2.21. The molecule has 1 N–H and O–H groups in total. The molecule has 1 rings (SSSR count). The van der Waals surface area contributed by atoms with Crippen molar-refractivity contribution in [3.63, 3.8) is 0 Å². The van der Waals surface area contributed by atoms with Crippen molar-refractivity contribution >= 4 is 17.5 Å². The van der Waals surface area contributed by atoms with Crippen molar-refractivity contribution in [3.8, 4) is 6.07 Å². The van der Waals surface area contributed by atoms with Crippen molar-refractivity contribution in [1.82, 2.24) is 10.2 Å². The van der Waals surface area contributed by atoms with E-state index in [4.69, 9.17) is 11.6 Å². The number of amides is 1. The molecule has 2 unspecified atom stereocenters. The van der Waals surface area contributed by atoms with Gasteiger partial charge in [0.1, 0.15) is 5.54 Å². The van der Waals surface area contributed by atoms with Crippen molar-refractivity contribution in [2.75, 3.05) is 13.6 Å². The SMILES string of the molecule is CC(c1ccc(Cl)cc1)N(C)CC(=O)NC(C)(C#N)C(C)C. The predicted molar refractivity (Wildman–Crippen MR) is 89.5 cm³/mol. The second kappa shape index (κ2) is 7.62. The number of hydrogen-bond acceptors (Lipinski definition) is 3. The van der Waals surface area contributed by atoms with E-state index in [0.717, 1.165) is 5.56 Å². The Labute approximate surface area is 138 Å². The molecule has 0 saturated heterocycles. The molecule has 0 bridgehead atoms. The Balaban J connectivity index is 2.68. The normalized spacial score (nSPS) is 15.2. The molecule has 0 saturated carbocycles. The molecule has 0 radical (unpaired) electrons. The summed E-state index contributed by atoms with van der Waals surface area (Å²) in [5, 5.41) is 12.8. The van der Waals surface area contributed by atoms with Gasteiger partial charge in [-0.2, -0.15) is 5.26 Å². The number of hydrogen-bond donors (Lipinski definition) is 1. The topological polar surface area (TPSA) is 56.1 Å². The molecule has 1 amide bonds. The van der Waals surface area contributed by atoms with Gasteiger partial charge in [-0.1, -0.05) is 37.6 Å². The fourth-order valence-corrected chi connectivity index (χ4v) is 2.12. The molecular weight excluding hydrogens is 298 g/mol. The standard InChI is InChI=1S/C17H24ClN3O/c1-12(2)17(4,11-19)20-16(22)10-21(5)13(3)14-6-8-15(18)9-7-14/h6-9,12-13H,10H2,1-5H3,(H,20,22). The lowest BCUT2D eigenvalue weighted by Gasteiger charge is -2.30. The Morgan fingerprint density at radius 2 is 1.91 bits per heavy atom. The molecule has 0 aliphatic carbocycles. The van der Waals surface area contributed by atoms with Crippen LogP contribution in [0.3, 0.4) is 0 Å². The quantitative estimate of drug-likeness (QED) is 0.873. The minimum Gasteiger partial charge on any atom is -0.337 e. The van der Waals surface area contributed by atoms with Crippen LogP contribution >= 0.6 is 11.6 Å². The van der Waals surface area contributed by atoms with Crippen LogP contribution in [0.15, 0.2) is 24.3 Å². The third-order valence-electron chi connectivity index (χ3n) is 4.19. The lowest BCUT2D eigenvalue weighted by molar-refractivity contribution is -0.124. The zero-order chi connectivity index (χ0) is 16.9. The van der Waals surface area contributed by atoms with E-state index in [1.54, 1.807) is 6.92 Å². The van der Waals surface area contributed by atoms with Crippen LogP contribution in [0.5, 0.6) is 0 Å². The largest absolute Gasteiger partial charge is 0.337 e. The summed E-state index contributed by atoms with van der Waals surface area (Å²) in [5.74, 6) is -0.110. The van der Waals surface area contributed by atoms with Gasteiger partial charge < -0.3 is 5.32 Å². The van der Waals surface area contributed by atoms with Crippen molar-refractivity contribution in [2.24, 2.45) is 5.92 Å². The molecule has 120 valence electrons. The maximum atomic E-state index is 12.2. The van der Waals surface area contributed by atoms with E-state index >= 15 is 0 Å². The van der Waals surface area contributed by atoms with Gasteiger partial charge in [-0.15, -0.1) is 0 Å². The molecule has 4 nitrogen and oxygen atoms in total. The van der Waals surface area contributed by atoms with E-state index in [1.165, 1.54) is 0 Å². The molecular formula is C17H24ClN3O. The van der Waals surface area contributed by atoms with Crippen molar-refractivity contribution in [1.29, 1.82) is 5.26 Å². The first-order valence-corrected chi connectivity index (χ1v) is 7.75. The van der Waals surface area contributed by atoms with Gasteiger partial charge >= 0.3 is 0 Å². The van der Waals surface area contributed by atoms with E-state index in [-0.39, 0.29) is 24.4 Å². The van der Waals surface area contributed by atoms with Crippen LogP contribution in [0.25, 0.3) is 0 Å². The lowest BCUT2D eigenvalue weighted by Crippen LogP contribution is -2.51. The maximum Gasteiger partial charge on any atom is 0.235 e. The second-order valence-electron chi connectivity index (χ2n) is 6.16. The average Bonchev–Trinajstić information content (AvgIpc) is 2.46. The highest BCUT2D eigenvalue weighted by molar-refractivity contribution is 6.30. The zero-order valence-electron chi connectivity index (χ0n) is 13.9. The van der Waals surface area contributed by atoms with Gasteiger partial charge in [0.05, 0.1) is 12.6 Å². The van der Waals surface area contributed by atoms with Crippen LogP contribution in [0.1, 0.15) is 39.3 Å². The first-order chi connectivity index (χ1) is 10.2. The summed E-state index contributed by atoms with van der Waals surface area (Å²) in [6, 6.07) is 9.85. The lowest BCUT2D eigenvalue weighted by atomic mass is 9.90. The smallest absolute Gasteiger partial charge is 0.235 e. The highest BCUT2D eigenvalue weighted by Gasteiger charge is 2.30. The third-order valence-corrected chi connectivity index (χ3v) is 4.44. The summed E-state index contributed by atoms with van der Waals surface area (Å²) in [6.45, 7) is 7.85. The molecule has 0 aliphatic rings. The minimum atomic E-state index is -0.846. The van der Waals surface area contributed by atoms with E-state index in [9.17, 15) is 10.1 Å². The molecule has 1 aromatic carbocycles. The van der Waals surface area contributed by atoms with Gasteiger partial charge in [0.15, 0.2) is 0 Å². The number of rotatable bonds is 6. The van der Waals surface area contributed by atoms with Gasteiger partial charge in [0.25, 0.3) is 0 Å². The maximum absolute atomic E-state index is 12.2. The summed E-state index contributed by atoms with van der Waals surface area (Å²) in [4.78, 5) is 14.1. The summed E-state index contributed by atoms with van der Waals surface area (Å²) in [5.41, 5.74) is 0.244. The number of carbonyl (C=O) groups excluding carboxylic acids is 1. The van der Waals surface area contributed by atoms with Gasteiger partial charge in [0, 0.05) is 11.1 Å². The first kappa shape index (κ1) is 18.5.